The first-order valence-electron chi connectivity index (χ1n) is 5.74. The van der Waals surface area contributed by atoms with Gasteiger partial charge < -0.3 is 5.32 Å². The third kappa shape index (κ3) is 3.96. The summed E-state index contributed by atoms with van der Waals surface area (Å²) in [5.74, 6) is -1.54. The Bertz CT molecular complexity index is 627. The molecule has 0 aromatic heterocycles. The van der Waals surface area contributed by atoms with Crippen molar-refractivity contribution in [1.29, 1.82) is 0 Å². The third-order valence-electron chi connectivity index (χ3n) is 2.47. The van der Waals surface area contributed by atoms with E-state index in [1.165, 1.54) is 48.5 Å². The first kappa shape index (κ1) is 14.3. The van der Waals surface area contributed by atoms with Crippen LogP contribution in [-0.2, 0) is 15.6 Å². The van der Waals surface area contributed by atoms with E-state index in [0.29, 0.717) is 10.6 Å². The fourth-order valence-electron chi connectivity index (χ4n) is 1.52. The van der Waals surface area contributed by atoms with Crippen LogP contribution in [0, 0.1) is 11.6 Å². The number of carbonyl (C=O) groups excluding carboxylic acids is 1. The van der Waals surface area contributed by atoms with Crippen molar-refractivity contribution < 1.29 is 17.8 Å². The first-order valence-corrected chi connectivity index (χ1v) is 7.06. The average Bonchev–Trinajstić information content (AvgIpc) is 2.42. The van der Waals surface area contributed by atoms with Gasteiger partial charge in [0, 0.05) is 10.6 Å². The average molecular weight is 295 g/mol. The molecule has 2 aromatic carbocycles. The monoisotopic (exact) mass is 295 g/mol. The Morgan fingerprint density at radius 3 is 2.00 bits per heavy atom. The molecule has 0 bridgehead atoms. The van der Waals surface area contributed by atoms with Gasteiger partial charge >= 0.3 is 0 Å². The molecule has 0 saturated heterocycles. The second kappa shape index (κ2) is 6.38. The second-order valence-electron chi connectivity index (χ2n) is 4.00. The summed E-state index contributed by atoms with van der Waals surface area (Å²) in [6, 6.07) is 10.4. The van der Waals surface area contributed by atoms with Crippen LogP contribution in [0.25, 0.3) is 0 Å². The Morgan fingerprint density at radius 2 is 1.45 bits per heavy atom. The van der Waals surface area contributed by atoms with Crippen molar-refractivity contribution in [2.75, 3.05) is 11.1 Å². The molecule has 3 nitrogen and oxygen atoms in total. The summed E-state index contributed by atoms with van der Waals surface area (Å²) in [5, 5.41) is 2.51. The van der Waals surface area contributed by atoms with Crippen LogP contribution < -0.4 is 5.32 Å². The Morgan fingerprint density at radius 1 is 0.950 bits per heavy atom. The normalized spacial score (nSPS) is 11.9. The van der Waals surface area contributed by atoms with Gasteiger partial charge in [0.25, 0.3) is 0 Å². The zero-order valence-electron chi connectivity index (χ0n) is 10.3. The molecule has 0 aliphatic carbocycles. The number of carbonyl (C=O) groups is 1. The van der Waals surface area contributed by atoms with E-state index in [2.05, 4.69) is 5.32 Å². The first-order chi connectivity index (χ1) is 9.54. The zero-order chi connectivity index (χ0) is 14.5. The molecule has 0 spiro atoms. The standard InChI is InChI=1S/C14H11F2NO2S/c15-10-1-5-12(6-2-10)17-14(18)9-20(19)13-7-3-11(16)4-8-13/h1-8H,9H2,(H,17,18). The molecule has 2 aromatic rings. The summed E-state index contributed by atoms with van der Waals surface area (Å²) in [6.07, 6.45) is 0. The smallest absolute Gasteiger partial charge is 0.237 e. The summed E-state index contributed by atoms with van der Waals surface area (Å²) in [5.41, 5.74) is 0.424. The predicted octanol–water partition coefficient (Wildman–Crippen LogP) is 2.71. The fraction of sp³-hybridized carbons (Fsp3) is 0.0714. The van der Waals surface area contributed by atoms with Gasteiger partial charge in [-0.05, 0) is 48.5 Å². The van der Waals surface area contributed by atoms with Crippen LogP contribution in [0.2, 0.25) is 0 Å². The highest BCUT2D eigenvalue weighted by molar-refractivity contribution is 7.85. The van der Waals surface area contributed by atoms with Crippen LogP contribution >= 0.6 is 0 Å². The number of nitrogens with one attached hydrogen (secondary N) is 1. The predicted molar refractivity (Wildman–Crippen MR) is 72.7 cm³/mol. The SMILES string of the molecule is O=C(CS(=O)c1ccc(F)cc1)Nc1ccc(F)cc1. The second-order valence-corrected chi connectivity index (χ2v) is 5.45. The van der Waals surface area contributed by atoms with Crippen LogP contribution in [0.1, 0.15) is 0 Å². The van der Waals surface area contributed by atoms with Gasteiger partial charge in [-0.25, -0.2) is 8.78 Å². The topological polar surface area (TPSA) is 46.2 Å². The maximum atomic E-state index is 12.7. The molecule has 1 unspecified atom stereocenters. The molecule has 0 radical (unpaired) electrons. The van der Waals surface area contributed by atoms with Crippen LogP contribution in [0.15, 0.2) is 53.4 Å². The molecule has 0 heterocycles. The highest BCUT2D eigenvalue weighted by Gasteiger charge is 2.10. The number of hydrogen-bond donors (Lipinski definition) is 1. The molecule has 104 valence electrons. The van der Waals surface area contributed by atoms with E-state index >= 15 is 0 Å². The van der Waals surface area contributed by atoms with Crippen molar-refractivity contribution >= 4 is 22.4 Å². The fourth-order valence-corrected chi connectivity index (χ4v) is 2.44. The Balaban J connectivity index is 1.95. The minimum atomic E-state index is -1.55. The lowest BCUT2D eigenvalue weighted by molar-refractivity contribution is -0.113. The highest BCUT2D eigenvalue weighted by atomic mass is 32.2. The summed E-state index contributed by atoms with van der Waals surface area (Å²) in [7, 11) is -1.55. The minimum absolute atomic E-state index is 0.247. The summed E-state index contributed by atoms with van der Waals surface area (Å²) in [6.45, 7) is 0. The van der Waals surface area contributed by atoms with Crippen molar-refractivity contribution in [2.45, 2.75) is 4.90 Å². The van der Waals surface area contributed by atoms with Crippen molar-refractivity contribution in [3.05, 3.63) is 60.2 Å². The Kier molecular flexibility index (Phi) is 4.57. The highest BCUT2D eigenvalue weighted by Crippen LogP contribution is 2.10. The van der Waals surface area contributed by atoms with Crippen LogP contribution in [0.4, 0.5) is 14.5 Å². The van der Waals surface area contributed by atoms with E-state index in [9.17, 15) is 17.8 Å². The molecule has 0 aliphatic heterocycles. The maximum absolute atomic E-state index is 12.7. The molecule has 0 aliphatic rings. The lowest BCUT2D eigenvalue weighted by Gasteiger charge is -2.05. The van der Waals surface area contributed by atoms with Crippen molar-refractivity contribution in [3.8, 4) is 0 Å². The molecule has 1 atom stereocenters. The molecule has 0 fully saturated rings. The van der Waals surface area contributed by atoms with Crippen molar-refractivity contribution in [3.63, 3.8) is 0 Å². The van der Waals surface area contributed by atoms with E-state index in [1.807, 2.05) is 0 Å². The number of amides is 1. The number of anilines is 1. The van der Waals surface area contributed by atoms with Crippen molar-refractivity contribution in [2.24, 2.45) is 0 Å². The lowest BCUT2D eigenvalue weighted by Crippen LogP contribution is -2.19. The Labute approximate surface area is 117 Å². The largest absolute Gasteiger partial charge is 0.325 e. The van der Waals surface area contributed by atoms with Gasteiger partial charge in [0.05, 0.1) is 10.8 Å². The van der Waals surface area contributed by atoms with E-state index in [1.54, 1.807) is 0 Å². The maximum Gasteiger partial charge on any atom is 0.237 e. The third-order valence-corrected chi connectivity index (χ3v) is 3.79. The van der Waals surface area contributed by atoms with Crippen LogP contribution in [0.3, 0.4) is 0 Å². The van der Waals surface area contributed by atoms with E-state index in [-0.39, 0.29) is 5.75 Å². The van der Waals surface area contributed by atoms with Crippen molar-refractivity contribution in [1.82, 2.24) is 0 Å². The molecule has 20 heavy (non-hydrogen) atoms. The van der Waals surface area contributed by atoms with Gasteiger partial charge in [0.2, 0.25) is 5.91 Å². The van der Waals surface area contributed by atoms with E-state index < -0.39 is 28.3 Å². The molecule has 2 rings (SSSR count). The van der Waals surface area contributed by atoms with E-state index in [4.69, 9.17) is 0 Å². The number of rotatable bonds is 4. The minimum Gasteiger partial charge on any atom is -0.325 e. The van der Waals surface area contributed by atoms with Gasteiger partial charge in [0.15, 0.2) is 0 Å². The van der Waals surface area contributed by atoms with Gasteiger partial charge in [-0.1, -0.05) is 0 Å². The molecule has 0 saturated carbocycles. The van der Waals surface area contributed by atoms with Gasteiger partial charge in [-0.3, -0.25) is 9.00 Å². The lowest BCUT2D eigenvalue weighted by atomic mass is 10.3. The number of hydrogen-bond acceptors (Lipinski definition) is 2. The quantitative estimate of drug-likeness (QED) is 0.942. The molecular formula is C14H11F2NO2S. The molecule has 1 N–H and O–H groups in total. The van der Waals surface area contributed by atoms with Gasteiger partial charge in [-0.15, -0.1) is 0 Å². The molecule has 6 heteroatoms. The van der Waals surface area contributed by atoms with Crippen LogP contribution in [0.5, 0.6) is 0 Å². The molecule has 1 amide bonds. The Hall–Kier alpha value is -2.08. The number of halogens is 2. The van der Waals surface area contributed by atoms with Gasteiger partial charge in [-0.2, -0.15) is 0 Å². The molecular weight excluding hydrogens is 284 g/mol. The summed E-state index contributed by atoms with van der Waals surface area (Å²) < 4.78 is 37.3. The summed E-state index contributed by atoms with van der Waals surface area (Å²) >= 11 is 0. The van der Waals surface area contributed by atoms with E-state index in [0.717, 1.165) is 0 Å². The van der Waals surface area contributed by atoms with Crippen LogP contribution in [-0.4, -0.2) is 15.9 Å². The summed E-state index contributed by atoms with van der Waals surface area (Å²) in [4.78, 5) is 12.1. The zero-order valence-corrected chi connectivity index (χ0v) is 11.1. The van der Waals surface area contributed by atoms with Gasteiger partial charge in [0.1, 0.15) is 17.4 Å². The number of benzene rings is 2.